The zero-order valence-corrected chi connectivity index (χ0v) is 13.9. The third-order valence-corrected chi connectivity index (χ3v) is 4.60. The van der Waals surface area contributed by atoms with E-state index < -0.39 is 5.97 Å². The molecule has 0 radical (unpaired) electrons. The van der Waals surface area contributed by atoms with Crippen molar-refractivity contribution in [3.8, 4) is 0 Å². The largest absolute Gasteiger partial charge is 0.481 e. The average Bonchev–Trinajstić information content (AvgIpc) is 2.35. The van der Waals surface area contributed by atoms with Crippen LogP contribution in [0.4, 0.5) is 0 Å². The van der Waals surface area contributed by atoms with Gasteiger partial charge in [-0.15, -0.1) is 0 Å². The van der Waals surface area contributed by atoms with Crippen molar-refractivity contribution in [1.82, 2.24) is 4.90 Å². The summed E-state index contributed by atoms with van der Waals surface area (Å²) >= 11 is 0. The van der Waals surface area contributed by atoms with Gasteiger partial charge in [0.1, 0.15) is 0 Å². The lowest BCUT2D eigenvalue weighted by Gasteiger charge is -2.44. The van der Waals surface area contributed by atoms with Gasteiger partial charge in [-0.2, -0.15) is 0 Å². The topological polar surface area (TPSA) is 40.5 Å². The van der Waals surface area contributed by atoms with Crippen LogP contribution in [0.3, 0.4) is 0 Å². The molecule has 0 aromatic heterocycles. The summed E-state index contributed by atoms with van der Waals surface area (Å²) in [5, 5.41) is 9.56. The molecule has 0 aromatic rings. The molecule has 1 rings (SSSR count). The van der Waals surface area contributed by atoms with Crippen LogP contribution in [-0.2, 0) is 4.79 Å². The molecule has 0 spiro atoms. The van der Waals surface area contributed by atoms with Crippen molar-refractivity contribution in [1.29, 1.82) is 0 Å². The van der Waals surface area contributed by atoms with Crippen LogP contribution in [0.5, 0.6) is 0 Å². The Morgan fingerprint density at radius 1 is 1.25 bits per heavy atom. The maximum Gasteiger partial charge on any atom is 0.308 e. The maximum absolute atomic E-state index is 11.6. The molecule has 0 bridgehead atoms. The number of rotatable bonds is 7. The number of carbonyl (C=O) groups is 1. The molecule has 0 saturated heterocycles. The highest BCUT2D eigenvalue weighted by molar-refractivity contribution is 5.71. The van der Waals surface area contributed by atoms with Gasteiger partial charge < -0.3 is 5.11 Å². The van der Waals surface area contributed by atoms with E-state index >= 15 is 0 Å². The normalized spacial score (nSPS) is 27.5. The van der Waals surface area contributed by atoms with E-state index in [2.05, 4.69) is 39.5 Å². The van der Waals surface area contributed by atoms with Gasteiger partial charge in [-0.25, -0.2) is 0 Å². The molecule has 3 atom stereocenters. The second kappa shape index (κ2) is 8.02. The van der Waals surface area contributed by atoms with E-state index in [1.807, 2.05) is 0 Å². The molecular formula is C17H33NO2. The Balaban J connectivity index is 2.87. The molecule has 1 aliphatic carbocycles. The van der Waals surface area contributed by atoms with Gasteiger partial charge >= 0.3 is 5.97 Å². The SMILES string of the molecule is CCCC1CCC(C(=O)O)C(N(CC(C)C)C(C)C)C1. The molecule has 3 heteroatoms. The Morgan fingerprint density at radius 3 is 2.35 bits per heavy atom. The number of carboxylic acids is 1. The molecule has 1 aliphatic rings. The van der Waals surface area contributed by atoms with E-state index in [-0.39, 0.29) is 12.0 Å². The standard InChI is InChI=1S/C17H33NO2/c1-6-7-14-8-9-15(17(19)20)16(10-14)18(13(4)5)11-12(2)3/h12-16H,6-11H2,1-5H3,(H,19,20). The van der Waals surface area contributed by atoms with Crippen LogP contribution in [0.25, 0.3) is 0 Å². The molecule has 3 nitrogen and oxygen atoms in total. The maximum atomic E-state index is 11.6. The smallest absolute Gasteiger partial charge is 0.308 e. The lowest BCUT2D eigenvalue weighted by atomic mass is 9.75. The van der Waals surface area contributed by atoms with E-state index in [9.17, 15) is 9.90 Å². The lowest BCUT2D eigenvalue weighted by molar-refractivity contribution is -0.147. The van der Waals surface area contributed by atoms with Gasteiger partial charge in [-0.05, 0) is 44.9 Å². The molecule has 0 heterocycles. The molecule has 0 aromatic carbocycles. The summed E-state index contributed by atoms with van der Waals surface area (Å²) in [5.41, 5.74) is 0. The Morgan fingerprint density at radius 2 is 1.90 bits per heavy atom. The zero-order valence-electron chi connectivity index (χ0n) is 13.9. The van der Waals surface area contributed by atoms with Gasteiger partial charge in [-0.1, -0.05) is 33.6 Å². The third-order valence-electron chi connectivity index (χ3n) is 4.60. The Bertz CT molecular complexity index is 301. The quantitative estimate of drug-likeness (QED) is 0.767. The van der Waals surface area contributed by atoms with Crippen molar-refractivity contribution in [2.24, 2.45) is 17.8 Å². The van der Waals surface area contributed by atoms with Crippen molar-refractivity contribution >= 4 is 5.97 Å². The summed E-state index contributed by atoms with van der Waals surface area (Å²) in [7, 11) is 0. The first-order valence-electron chi connectivity index (χ1n) is 8.35. The highest BCUT2D eigenvalue weighted by Gasteiger charge is 2.38. The fourth-order valence-electron chi connectivity index (χ4n) is 3.71. The van der Waals surface area contributed by atoms with Gasteiger partial charge in [0.2, 0.25) is 0 Å². The third kappa shape index (κ3) is 4.76. The highest BCUT2D eigenvalue weighted by atomic mass is 16.4. The Labute approximate surface area is 124 Å². The molecule has 3 unspecified atom stereocenters. The number of hydrogen-bond acceptors (Lipinski definition) is 2. The summed E-state index contributed by atoms with van der Waals surface area (Å²) in [6, 6.07) is 0.643. The fourth-order valence-corrected chi connectivity index (χ4v) is 3.71. The van der Waals surface area contributed by atoms with E-state index in [0.29, 0.717) is 17.9 Å². The molecule has 0 aliphatic heterocycles. The van der Waals surface area contributed by atoms with Crippen LogP contribution in [-0.4, -0.2) is 34.6 Å². The van der Waals surface area contributed by atoms with Crippen molar-refractivity contribution in [2.45, 2.75) is 78.8 Å². The van der Waals surface area contributed by atoms with Crippen LogP contribution in [0.2, 0.25) is 0 Å². The summed E-state index contributed by atoms with van der Waals surface area (Å²) in [5.74, 6) is 0.524. The monoisotopic (exact) mass is 283 g/mol. The first kappa shape index (κ1) is 17.5. The summed E-state index contributed by atoms with van der Waals surface area (Å²) in [6.45, 7) is 12.1. The highest BCUT2D eigenvalue weighted by Crippen LogP contribution is 2.36. The zero-order chi connectivity index (χ0) is 15.3. The van der Waals surface area contributed by atoms with E-state index in [1.54, 1.807) is 0 Å². The molecular weight excluding hydrogens is 250 g/mol. The van der Waals surface area contributed by atoms with Crippen molar-refractivity contribution < 1.29 is 9.90 Å². The van der Waals surface area contributed by atoms with E-state index in [4.69, 9.17) is 0 Å². The Hall–Kier alpha value is -0.570. The minimum absolute atomic E-state index is 0.177. The number of aliphatic carboxylic acids is 1. The second-order valence-corrected chi connectivity index (χ2v) is 7.16. The molecule has 1 N–H and O–H groups in total. The summed E-state index contributed by atoms with van der Waals surface area (Å²) < 4.78 is 0. The minimum Gasteiger partial charge on any atom is -0.481 e. The second-order valence-electron chi connectivity index (χ2n) is 7.16. The van der Waals surface area contributed by atoms with E-state index in [1.165, 1.54) is 12.8 Å². The lowest BCUT2D eigenvalue weighted by Crippen LogP contribution is -2.51. The summed E-state index contributed by atoms with van der Waals surface area (Å²) in [6.07, 6.45) is 5.47. The van der Waals surface area contributed by atoms with Crippen LogP contribution in [0.15, 0.2) is 0 Å². The van der Waals surface area contributed by atoms with Crippen LogP contribution in [0.1, 0.15) is 66.7 Å². The molecule has 1 fully saturated rings. The van der Waals surface area contributed by atoms with Crippen molar-refractivity contribution in [2.75, 3.05) is 6.54 Å². The van der Waals surface area contributed by atoms with Crippen molar-refractivity contribution in [3.63, 3.8) is 0 Å². The number of nitrogens with zero attached hydrogens (tertiary/aromatic N) is 1. The van der Waals surface area contributed by atoms with Crippen LogP contribution >= 0.6 is 0 Å². The first-order chi connectivity index (χ1) is 9.36. The van der Waals surface area contributed by atoms with Gasteiger partial charge in [-0.3, -0.25) is 9.69 Å². The minimum atomic E-state index is -0.598. The number of carboxylic acid groups (broad SMARTS) is 1. The number of hydrogen-bond donors (Lipinski definition) is 1. The summed E-state index contributed by atoms with van der Waals surface area (Å²) in [4.78, 5) is 14.1. The Kier molecular flexibility index (Phi) is 7.01. The van der Waals surface area contributed by atoms with Gasteiger partial charge in [0.25, 0.3) is 0 Å². The van der Waals surface area contributed by atoms with Gasteiger partial charge in [0.05, 0.1) is 5.92 Å². The predicted octanol–water partition coefficient (Wildman–Crippen LogP) is 4.02. The fraction of sp³-hybridized carbons (Fsp3) is 0.941. The van der Waals surface area contributed by atoms with Crippen molar-refractivity contribution in [3.05, 3.63) is 0 Å². The van der Waals surface area contributed by atoms with Crippen LogP contribution in [0, 0.1) is 17.8 Å². The molecule has 20 heavy (non-hydrogen) atoms. The van der Waals surface area contributed by atoms with Crippen LogP contribution < -0.4 is 0 Å². The first-order valence-corrected chi connectivity index (χ1v) is 8.35. The van der Waals surface area contributed by atoms with Gasteiger partial charge in [0, 0.05) is 18.6 Å². The molecule has 1 saturated carbocycles. The van der Waals surface area contributed by atoms with Gasteiger partial charge in [0.15, 0.2) is 0 Å². The predicted molar refractivity (Wildman–Crippen MR) is 83.8 cm³/mol. The molecule has 0 amide bonds. The van der Waals surface area contributed by atoms with E-state index in [0.717, 1.165) is 25.8 Å². The average molecular weight is 283 g/mol. The molecule has 118 valence electrons.